The zero-order valence-corrected chi connectivity index (χ0v) is 12.3. The van der Waals surface area contributed by atoms with Crippen LogP contribution in [0, 0.1) is 22.2 Å². The van der Waals surface area contributed by atoms with Gasteiger partial charge in [-0.05, 0) is 55.3 Å². The predicted molar refractivity (Wildman–Crippen MR) is 77.1 cm³/mol. The number of nitrogens with zero attached hydrogens (tertiary/aromatic N) is 1. The van der Waals surface area contributed by atoms with Gasteiger partial charge in [-0.15, -0.1) is 0 Å². The zero-order chi connectivity index (χ0) is 14.0. The van der Waals surface area contributed by atoms with E-state index in [-0.39, 0.29) is 11.3 Å². The van der Waals surface area contributed by atoms with Gasteiger partial charge in [-0.3, -0.25) is 10.1 Å². The van der Waals surface area contributed by atoms with Gasteiger partial charge in [-0.25, -0.2) is 4.98 Å². The number of aromatic nitrogens is 2. The Labute approximate surface area is 119 Å². The molecule has 2 unspecified atom stereocenters. The molecule has 20 heavy (non-hydrogen) atoms. The van der Waals surface area contributed by atoms with Crippen molar-refractivity contribution in [3.8, 4) is 0 Å². The molecule has 0 aromatic carbocycles. The third-order valence-electron chi connectivity index (χ3n) is 5.84. The molecule has 0 radical (unpaired) electrons. The van der Waals surface area contributed by atoms with Gasteiger partial charge >= 0.3 is 0 Å². The minimum absolute atomic E-state index is 0.157. The molecule has 4 fully saturated rings. The highest BCUT2D eigenvalue weighted by molar-refractivity contribution is 5.94. The Kier molecular flexibility index (Phi) is 2.27. The second-order valence-electron chi connectivity index (χ2n) is 8.30. The number of nitrogens with one attached hydrogen (secondary N) is 2. The summed E-state index contributed by atoms with van der Waals surface area (Å²) in [6, 6.07) is 0. The first-order valence-electron chi connectivity index (χ1n) is 7.71. The fourth-order valence-corrected chi connectivity index (χ4v) is 6.27. The van der Waals surface area contributed by atoms with Gasteiger partial charge in [0.2, 0.25) is 11.9 Å². The van der Waals surface area contributed by atoms with E-state index in [0.29, 0.717) is 16.8 Å². The van der Waals surface area contributed by atoms with Crippen molar-refractivity contribution < 1.29 is 4.79 Å². The molecule has 0 spiro atoms. The molecule has 1 amide bonds. The van der Waals surface area contributed by atoms with Crippen LogP contribution in [-0.2, 0) is 4.79 Å². The lowest BCUT2D eigenvalue weighted by Crippen LogP contribution is -2.58. The quantitative estimate of drug-likeness (QED) is 0.868. The average Bonchev–Trinajstić information content (AvgIpc) is 2.76. The molecule has 1 aromatic rings. The number of carbonyl (C=O) groups excluding carboxylic acids is 1. The van der Waals surface area contributed by atoms with E-state index in [1.807, 2.05) is 0 Å². The molecule has 1 heterocycles. The van der Waals surface area contributed by atoms with Crippen LogP contribution < -0.4 is 5.32 Å². The van der Waals surface area contributed by atoms with Crippen LogP contribution in [0.15, 0.2) is 12.4 Å². The summed E-state index contributed by atoms with van der Waals surface area (Å²) in [5.41, 5.74) is 0.582. The Morgan fingerprint density at radius 3 is 2.50 bits per heavy atom. The largest absolute Gasteiger partial charge is 0.331 e. The summed E-state index contributed by atoms with van der Waals surface area (Å²) in [6.07, 6.45) is 10.5. The highest BCUT2D eigenvalue weighted by Gasteiger charge is 2.62. The summed E-state index contributed by atoms with van der Waals surface area (Å²) in [6.45, 7) is 4.79. The van der Waals surface area contributed by atoms with Crippen molar-refractivity contribution in [1.29, 1.82) is 0 Å². The second-order valence-corrected chi connectivity index (χ2v) is 8.30. The Balaban J connectivity index is 1.65. The van der Waals surface area contributed by atoms with Gasteiger partial charge in [0.05, 0.1) is 5.41 Å². The number of hydrogen-bond donors (Lipinski definition) is 2. The summed E-state index contributed by atoms with van der Waals surface area (Å²) in [5, 5.41) is 3.01. The van der Waals surface area contributed by atoms with Crippen molar-refractivity contribution in [2.45, 2.75) is 52.4 Å². The van der Waals surface area contributed by atoms with E-state index < -0.39 is 0 Å². The second kappa shape index (κ2) is 3.66. The van der Waals surface area contributed by atoms with E-state index >= 15 is 0 Å². The number of hydrogen-bond acceptors (Lipinski definition) is 2. The normalized spacial score (nSPS) is 45.6. The van der Waals surface area contributed by atoms with E-state index in [2.05, 4.69) is 29.1 Å². The standard InChI is InChI=1S/C16H23N3O/c1-14-5-11-6-15(2,8-14)10-16(7-11,9-14)12(20)19-13-17-3-4-18-13/h3-4,11H,5-10H2,1-2H3,(H2,17,18,19,20). The van der Waals surface area contributed by atoms with Crippen LogP contribution in [0.5, 0.6) is 0 Å². The number of carbonyl (C=O) groups is 1. The monoisotopic (exact) mass is 273 g/mol. The third kappa shape index (κ3) is 1.73. The fourth-order valence-electron chi connectivity index (χ4n) is 6.27. The Morgan fingerprint density at radius 1 is 1.25 bits per heavy atom. The molecule has 0 saturated heterocycles. The fraction of sp³-hybridized carbons (Fsp3) is 0.750. The molecule has 2 N–H and O–H groups in total. The first-order valence-corrected chi connectivity index (χ1v) is 7.71. The van der Waals surface area contributed by atoms with Gasteiger partial charge in [0, 0.05) is 12.4 Å². The minimum Gasteiger partial charge on any atom is -0.331 e. The summed E-state index contributed by atoms with van der Waals surface area (Å²) in [4.78, 5) is 20.0. The van der Waals surface area contributed by atoms with E-state index in [9.17, 15) is 4.79 Å². The van der Waals surface area contributed by atoms with Crippen molar-refractivity contribution in [2.24, 2.45) is 22.2 Å². The number of amides is 1. The maximum Gasteiger partial charge on any atom is 0.232 e. The Morgan fingerprint density at radius 2 is 1.95 bits per heavy atom. The molecular weight excluding hydrogens is 250 g/mol. The van der Waals surface area contributed by atoms with Crippen LogP contribution in [0.2, 0.25) is 0 Å². The smallest absolute Gasteiger partial charge is 0.232 e. The highest BCUT2D eigenvalue weighted by Crippen LogP contribution is 2.69. The topological polar surface area (TPSA) is 57.8 Å². The summed E-state index contributed by atoms with van der Waals surface area (Å²) < 4.78 is 0. The van der Waals surface area contributed by atoms with Gasteiger partial charge in [-0.1, -0.05) is 13.8 Å². The Hall–Kier alpha value is -1.32. The van der Waals surface area contributed by atoms with E-state index in [4.69, 9.17) is 0 Å². The minimum atomic E-state index is -0.157. The third-order valence-corrected chi connectivity index (χ3v) is 5.84. The summed E-state index contributed by atoms with van der Waals surface area (Å²) >= 11 is 0. The molecule has 4 saturated carbocycles. The van der Waals surface area contributed by atoms with E-state index in [1.54, 1.807) is 12.4 Å². The molecule has 4 aliphatic carbocycles. The molecule has 4 heteroatoms. The average molecular weight is 273 g/mol. The van der Waals surface area contributed by atoms with Crippen LogP contribution >= 0.6 is 0 Å². The van der Waals surface area contributed by atoms with Crippen LogP contribution in [0.4, 0.5) is 5.95 Å². The van der Waals surface area contributed by atoms with Crippen LogP contribution in [-0.4, -0.2) is 15.9 Å². The Bertz CT molecular complexity index is 532. The van der Waals surface area contributed by atoms with Gasteiger partial charge in [0.15, 0.2) is 0 Å². The molecule has 1 aromatic heterocycles. The van der Waals surface area contributed by atoms with Crippen LogP contribution in [0.1, 0.15) is 52.4 Å². The van der Waals surface area contributed by atoms with Crippen molar-refractivity contribution in [1.82, 2.24) is 9.97 Å². The van der Waals surface area contributed by atoms with Crippen LogP contribution in [0.25, 0.3) is 0 Å². The first kappa shape index (κ1) is 12.4. The molecule has 4 nitrogen and oxygen atoms in total. The number of rotatable bonds is 2. The summed E-state index contributed by atoms with van der Waals surface area (Å²) in [5.74, 6) is 1.51. The van der Waals surface area contributed by atoms with Crippen molar-refractivity contribution in [2.75, 3.05) is 5.32 Å². The maximum absolute atomic E-state index is 12.9. The lowest BCUT2D eigenvalue weighted by atomic mass is 9.40. The van der Waals surface area contributed by atoms with Crippen molar-refractivity contribution in [3.05, 3.63) is 12.4 Å². The lowest BCUT2D eigenvalue weighted by Gasteiger charge is -2.64. The molecule has 4 bridgehead atoms. The molecule has 2 atom stereocenters. The number of aromatic amines is 1. The summed E-state index contributed by atoms with van der Waals surface area (Å²) in [7, 11) is 0. The van der Waals surface area contributed by atoms with Gasteiger partial charge in [-0.2, -0.15) is 0 Å². The van der Waals surface area contributed by atoms with Crippen molar-refractivity contribution in [3.63, 3.8) is 0 Å². The number of imidazole rings is 1. The molecule has 0 aliphatic heterocycles. The first-order chi connectivity index (χ1) is 9.41. The van der Waals surface area contributed by atoms with E-state index in [0.717, 1.165) is 25.2 Å². The molecule has 4 aliphatic rings. The van der Waals surface area contributed by atoms with E-state index in [1.165, 1.54) is 19.3 Å². The van der Waals surface area contributed by atoms with Gasteiger partial charge < -0.3 is 4.98 Å². The van der Waals surface area contributed by atoms with Gasteiger partial charge in [0.25, 0.3) is 0 Å². The molecular formula is C16H23N3O. The predicted octanol–water partition coefficient (Wildman–Crippen LogP) is 3.34. The van der Waals surface area contributed by atoms with Gasteiger partial charge in [0.1, 0.15) is 0 Å². The zero-order valence-electron chi connectivity index (χ0n) is 12.3. The van der Waals surface area contributed by atoms with Crippen LogP contribution in [0.3, 0.4) is 0 Å². The molecule has 5 rings (SSSR count). The van der Waals surface area contributed by atoms with Crippen molar-refractivity contribution >= 4 is 11.9 Å². The molecule has 108 valence electrons. The lowest BCUT2D eigenvalue weighted by molar-refractivity contribution is -0.165. The number of anilines is 1. The maximum atomic E-state index is 12.9. The number of H-pyrrole nitrogens is 1. The highest BCUT2D eigenvalue weighted by atomic mass is 16.2. The SMILES string of the molecule is CC12CC3CC(C)(C1)CC(C(=O)Nc1ncc[nH]1)(C3)C2.